The summed E-state index contributed by atoms with van der Waals surface area (Å²) >= 11 is 0. The van der Waals surface area contributed by atoms with Gasteiger partial charge in [0.2, 0.25) is 5.91 Å². The number of alkyl halides is 2. The summed E-state index contributed by atoms with van der Waals surface area (Å²) in [5, 5.41) is 3.60. The van der Waals surface area contributed by atoms with Crippen LogP contribution < -0.4 is 11.1 Å². The van der Waals surface area contributed by atoms with Crippen molar-refractivity contribution in [2.24, 2.45) is 11.7 Å². The fourth-order valence-corrected chi connectivity index (χ4v) is 5.76. The summed E-state index contributed by atoms with van der Waals surface area (Å²) in [5.74, 6) is 0.134. The number of nitrogens with zero attached hydrogens (tertiary/aromatic N) is 1. The molecule has 2 heterocycles. The highest BCUT2D eigenvalue weighted by molar-refractivity contribution is 5.78. The van der Waals surface area contributed by atoms with Crippen LogP contribution in [0, 0.1) is 5.92 Å². The zero-order valence-corrected chi connectivity index (χ0v) is 21.4. The van der Waals surface area contributed by atoms with E-state index in [9.17, 15) is 13.6 Å². The summed E-state index contributed by atoms with van der Waals surface area (Å²) in [6.45, 7) is 1.53. The van der Waals surface area contributed by atoms with Crippen LogP contribution in [0.3, 0.4) is 0 Å². The molecule has 2 aliphatic heterocycles. The van der Waals surface area contributed by atoms with Crippen molar-refractivity contribution >= 4 is 11.6 Å². The minimum absolute atomic E-state index is 0.00389. The van der Waals surface area contributed by atoms with E-state index >= 15 is 0 Å². The van der Waals surface area contributed by atoms with E-state index in [4.69, 9.17) is 10.5 Å². The molecule has 0 radical (unpaired) electrons. The van der Waals surface area contributed by atoms with Crippen molar-refractivity contribution in [2.75, 3.05) is 25.0 Å². The smallest absolute Gasteiger partial charge is 0.263 e. The van der Waals surface area contributed by atoms with Gasteiger partial charge in [0.05, 0.1) is 24.7 Å². The molecule has 4 atom stereocenters. The van der Waals surface area contributed by atoms with Gasteiger partial charge in [0.15, 0.2) is 0 Å². The van der Waals surface area contributed by atoms with Crippen LogP contribution in [0.25, 0.3) is 0 Å². The van der Waals surface area contributed by atoms with Crippen LogP contribution in [0.2, 0.25) is 0 Å². The summed E-state index contributed by atoms with van der Waals surface area (Å²) < 4.78 is 33.9. The SMILES string of the molecule is NCCCN(CC1CCC2C(O1)c1cc(C(F)F)ccc1N[C@H]2c1ccccc1)C(=O)Cc1ccccc1. The monoisotopic (exact) mass is 519 g/mol. The summed E-state index contributed by atoms with van der Waals surface area (Å²) in [6.07, 6.45) is -0.399. The molecule has 3 N–H and O–H groups in total. The first-order chi connectivity index (χ1) is 18.5. The molecule has 1 saturated heterocycles. The van der Waals surface area contributed by atoms with Crippen LogP contribution in [0.4, 0.5) is 14.5 Å². The summed E-state index contributed by atoms with van der Waals surface area (Å²) in [6, 6.07) is 24.7. The van der Waals surface area contributed by atoms with Gasteiger partial charge in [0, 0.05) is 35.8 Å². The van der Waals surface area contributed by atoms with E-state index in [-0.39, 0.29) is 35.6 Å². The first kappa shape index (κ1) is 26.3. The van der Waals surface area contributed by atoms with E-state index in [2.05, 4.69) is 17.4 Å². The average molecular weight is 520 g/mol. The molecule has 2 aliphatic rings. The van der Waals surface area contributed by atoms with Crippen LogP contribution in [0.15, 0.2) is 78.9 Å². The number of ether oxygens (including phenoxy) is 1. The van der Waals surface area contributed by atoms with Gasteiger partial charge in [-0.25, -0.2) is 8.78 Å². The number of anilines is 1. The number of rotatable bonds is 9. The van der Waals surface area contributed by atoms with Gasteiger partial charge in [-0.3, -0.25) is 4.79 Å². The van der Waals surface area contributed by atoms with Crippen molar-refractivity contribution in [3.8, 4) is 0 Å². The Hall–Kier alpha value is -3.29. The van der Waals surface area contributed by atoms with Crippen molar-refractivity contribution in [2.45, 2.75) is 50.4 Å². The Morgan fingerprint density at radius 1 is 1.03 bits per heavy atom. The first-order valence-corrected chi connectivity index (χ1v) is 13.4. The third-order valence-corrected chi connectivity index (χ3v) is 7.69. The second-order valence-corrected chi connectivity index (χ2v) is 10.2. The van der Waals surface area contributed by atoms with E-state index in [1.807, 2.05) is 53.4 Å². The lowest BCUT2D eigenvalue weighted by Crippen LogP contribution is -2.45. The second-order valence-electron chi connectivity index (χ2n) is 10.2. The lowest BCUT2D eigenvalue weighted by atomic mass is 9.76. The number of amides is 1. The molecule has 5 rings (SSSR count). The largest absolute Gasteiger partial charge is 0.378 e. The number of carbonyl (C=O) groups is 1. The minimum atomic E-state index is -2.55. The highest BCUT2D eigenvalue weighted by atomic mass is 19.3. The van der Waals surface area contributed by atoms with Crippen molar-refractivity contribution in [1.82, 2.24) is 4.90 Å². The molecule has 1 fully saturated rings. The zero-order chi connectivity index (χ0) is 26.5. The molecule has 3 aromatic rings. The Balaban J connectivity index is 1.38. The molecule has 0 aliphatic carbocycles. The Bertz CT molecular complexity index is 1210. The van der Waals surface area contributed by atoms with Gasteiger partial charge in [-0.2, -0.15) is 0 Å². The highest BCUT2D eigenvalue weighted by Crippen LogP contribution is 2.51. The Morgan fingerprint density at radius 3 is 2.47 bits per heavy atom. The summed E-state index contributed by atoms with van der Waals surface area (Å²) in [7, 11) is 0. The molecular formula is C31H35F2N3O2. The molecule has 38 heavy (non-hydrogen) atoms. The molecule has 0 spiro atoms. The Labute approximate surface area is 223 Å². The molecule has 200 valence electrons. The van der Waals surface area contributed by atoms with Gasteiger partial charge in [0.25, 0.3) is 6.43 Å². The van der Waals surface area contributed by atoms with Crippen molar-refractivity contribution in [3.63, 3.8) is 0 Å². The number of benzene rings is 3. The molecule has 0 bridgehead atoms. The van der Waals surface area contributed by atoms with E-state index in [1.165, 1.54) is 6.07 Å². The second kappa shape index (κ2) is 12.0. The van der Waals surface area contributed by atoms with Crippen LogP contribution in [0.1, 0.15) is 60.1 Å². The van der Waals surface area contributed by atoms with Gasteiger partial charge in [-0.15, -0.1) is 0 Å². The van der Waals surface area contributed by atoms with Gasteiger partial charge < -0.3 is 20.7 Å². The fourth-order valence-electron chi connectivity index (χ4n) is 5.76. The third-order valence-electron chi connectivity index (χ3n) is 7.69. The highest BCUT2D eigenvalue weighted by Gasteiger charge is 2.43. The predicted octanol–water partition coefficient (Wildman–Crippen LogP) is 6.05. The number of hydrogen-bond donors (Lipinski definition) is 2. The van der Waals surface area contributed by atoms with Gasteiger partial charge in [-0.05, 0) is 49.1 Å². The summed E-state index contributed by atoms with van der Waals surface area (Å²) in [5.41, 5.74) is 9.49. The van der Waals surface area contributed by atoms with E-state index in [1.54, 1.807) is 12.1 Å². The van der Waals surface area contributed by atoms with Crippen molar-refractivity contribution in [3.05, 3.63) is 101 Å². The minimum Gasteiger partial charge on any atom is -0.378 e. The van der Waals surface area contributed by atoms with E-state index < -0.39 is 6.43 Å². The number of fused-ring (bicyclic) bond motifs is 3. The standard InChI is InChI=1S/C31H35F2N3O2/c32-31(33)23-12-15-27-26(19-23)30-25(29(35-27)22-10-5-2-6-11-22)14-13-24(38-30)20-36(17-7-16-34)28(37)18-21-8-3-1-4-9-21/h1-6,8-12,15,19,24-25,29-31,35H,7,13-14,16-18,20,34H2/t24?,25?,29-,30?/m0/s1. The molecule has 3 aromatic carbocycles. The molecule has 5 nitrogen and oxygen atoms in total. The number of nitrogens with one attached hydrogen (secondary N) is 1. The summed E-state index contributed by atoms with van der Waals surface area (Å²) in [4.78, 5) is 15.1. The molecule has 1 amide bonds. The maximum atomic E-state index is 13.6. The van der Waals surface area contributed by atoms with Crippen LogP contribution in [-0.4, -0.2) is 36.5 Å². The topological polar surface area (TPSA) is 67.6 Å². The maximum absolute atomic E-state index is 13.6. The predicted molar refractivity (Wildman–Crippen MR) is 145 cm³/mol. The first-order valence-electron chi connectivity index (χ1n) is 13.4. The molecular weight excluding hydrogens is 484 g/mol. The van der Waals surface area contributed by atoms with E-state index in [0.29, 0.717) is 32.5 Å². The zero-order valence-electron chi connectivity index (χ0n) is 21.4. The lowest BCUT2D eigenvalue weighted by Gasteiger charge is -2.46. The normalized spacial score (nSPS) is 22.3. The van der Waals surface area contributed by atoms with E-state index in [0.717, 1.165) is 35.2 Å². The van der Waals surface area contributed by atoms with Crippen LogP contribution in [0.5, 0.6) is 0 Å². The van der Waals surface area contributed by atoms with Crippen LogP contribution >= 0.6 is 0 Å². The van der Waals surface area contributed by atoms with Gasteiger partial charge >= 0.3 is 0 Å². The lowest BCUT2D eigenvalue weighted by molar-refractivity contribution is -0.138. The number of nitrogens with two attached hydrogens (primary N) is 1. The van der Waals surface area contributed by atoms with Gasteiger partial charge in [-0.1, -0.05) is 66.7 Å². The quantitative estimate of drug-likeness (QED) is 0.361. The molecule has 0 aromatic heterocycles. The maximum Gasteiger partial charge on any atom is 0.263 e. The van der Waals surface area contributed by atoms with Crippen molar-refractivity contribution in [1.29, 1.82) is 0 Å². The van der Waals surface area contributed by atoms with Crippen molar-refractivity contribution < 1.29 is 18.3 Å². The fraction of sp³-hybridized carbons (Fsp3) is 0.387. The van der Waals surface area contributed by atoms with Crippen LogP contribution in [-0.2, 0) is 16.0 Å². The molecule has 0 saturated carbocycles. The average Bonchev–Trinajstić information content (AvgIpc) is 2.95. The Morgan fingerprint density at radius 2 is 1.76 bits per heavy atom. The third kappa shape index (κ3) is 5.89. The number of hydrogen-bond acceptors (Lipinski definition) is 4. The van der Waals surface area contributed by atoms with Gasteiger partial charge in [0.1, 0.15) is 0 Å². The Kier molecular flexibility index (Phi) is 8.35. The molecule has 7 heteroatoms. The molecule has 3 unspecified atom stereocenters. The number of halogens is 2. The number of carbonyl (C=O) groups excluding carboxylic acids is 1.